The smallest absolute Gasteiger partial charge is 0.342 e. The third kappa shape index (κ3) is 6.57. The Morgan fingerprint density at radius 3 is 2.20 bits per heavy atom. The van der Waals surface area contributed by atoms with E-state index in [1.54, 1.807) is 18.2 Å². The number of carbonyl (C=O) groups is 1. The average Bonchev–Trinajstić information content (AvgIpc) is 3.08. The molecule has 0 N–H and O–H groups in total. The molecule has 6 rings (SSSR count). The van der Waals surface area contributed by atoms with Gasteiger partial charge in [0.2, 0.25) is 11.4 Å². The van der Waals surface area contributed by atoms with Crippen LogP contribution in [0.15, 0.2) is 120 Å². The third-order valence-electron chi connectivity index (χ3n) is 9.34. The maximum absolute atomic E-state index is 13.4. The standard InChI is InChI=1S/C40H38F3N2O3SSi/c1-5-44(34-17-11-7-13-26(34)3)28-19-21-32-37(23-28)50-38-24-29(45(6-2)35-18-12-8-14-27(35)4)20-22-33(38)39(32)31-16-10-9-15-30(31)36(46)25-49(47,48)40(41,42)43/h7-24H,5-6,25,50H2,1-4H3/q+1. The number of anilines is 2. The number of ketones is 1. The third-order valence-corrected chi connectivity index (χ3v) is 12.6. The minimum atomic E-state index is -5.67. The highest BCUT2D eigenvalue weighted by atomic mass is 32.2. The number of hydrogen-bond donors (Lipinski definition) is 0. The first-order valence-electron chi connectivity index (χ1n) is 16.6. The van der Waals surface area contributed by atoms with Gasteiger partial charge in [0.1, 0.15) is 12.3 Å². The van der Waals surface area contributed by atoms with Crippen LogP contribution < -0.4 is 10.1 Å². The lowest BCUT2D eigenvalue weighted by Crippen LogP contribution is -2.32. The fourth-order valence-corrected chi connectivity index (χ4v) is 9.58. The lowest BCUT2D eigenvalue weighted by Gasteiger charge is -2.30. The zero-order valence-corrected chi connectivity index (χ0v) is 30.6. The molecule has 1 heterocycles. The molecule has 0 spiro atoms. The van der Waals surface area contributed by atoms with E-state index in [0.29, 0.717) is 11.1 Å². The fraction of sp³-hybridized carbons (Fsp3) is 0.200. The SMILES string of the molecule is CCN(c1ccc2c(c1)[SiH2]C1=C/C(=[N+](\CC)c3ccccc3C)C=CC1=C2c1ccccc1C(=O)CS(=O)(=O)C(F)(F)F)c1ccccc1C. The monoisotopic (exact) mass is 711 g/mol. The molecular weight excluding hydrogens is 674 g/mol. The number of para-hydroxylation sites is 2. The minimum Gasteiger partial charge on any atom is -0.342 e. The van der Waals surface area contributed by atoms with Gasteiger partial charge in [0, 0.05) is 47.3 Å². The summed E-state index contributed by atoms with van der Waals surface area (Å²) in [6.07, 6.45) is 6.27. The molecule has 5 nitrogen and oxygen atoms in total. The number of benzene rings is 4. The van der Waals surface area contributed by atoms with Gasteiger partial charge in [-0.3, -0.25) is 4.79 Å². The first kappa shape index (κ1) is 35.0. The highest BCUT2D eigenvalue weighted by Crippen LogP contribution is 2.39. The predicted molar refractivity (Wildman–Crippen MR) is 199 cm³/mol. The van der Waals surface area contributed by atoms with Gasteiger partial charge < -0.3 is 4.90 Å². The molecule has 50 heavy (non-hydrogen) atoms. The van der Waals surface area contributed by atoms with Gasteiger partial charge in [-0.25, -0.2) is 8.42 Å². The summed E-state index contributed by atoms with van der Waals surface area (Å²) >= 11 is 0. The Morgan fingerprint density at radius 2 is 1.52 bits per heavy atom. The summed E-state index contributed by atoms with van der Waals surface area (Å²) in [5.74, 6) is -2.75. The molecular formula is C40H38F3N2O3SSi+. The molecule has 0 unspecified atom stereocenters. The summed E-state index contributed by atoms with van der Waals surface area (Å²) in [5, 5.41) is 2.25. The molecule has 0 bridgehead atoms. The predicted octanol–water partition coefficient (Wildman–Crippen LogP) is 7.45. The van der Waals surface area contributed by atoms with Crippen LogP contribution in [0.2, 0.25) is 0 Å². The molecule has 2 aliphatic rings. The summed E-state index contributed by atoms with van der Waals surface area (Å²) in [6, 6.07) is 29.1. The van der Waals surface area contributed by atoms with Crippen molar-refractivity contribution >= 4 is 58.7 Å². The highest BCUT2D eigenvalue weighted by molar-refractivity contribution is 7.93. The van der Waals surface area contributed by atoms with Crippen molar-refractivity contribution in [1.29, 1.82) is 0 Å². The maximum Gasteiger partial charge on any atom is 0.497 e. The summed E-state index contributed by atoms with van der Waals surface area (Å²) in [6.45, 7) is 9.82. The number of allylic oxidation sites excluding steroid dienone is 5. The molecule has 256 valence electrons. The Balaban J connectivity index is 1.56. The number of alkyl halides is 3. The number of halogens is 3. The highest BCUT2D eigenvalue weighted by Gasteiger charge is 2.47. The number of Topliss-reactive ketones (excluding diaryl/α,β-unsaturated/α-hetero) is 1. The zero-order chi connectivity index (χ0) is 35.8. The summed E-state index contributed by atoms with van der Waals surface area (Å²) < 4.78 is 66.6. The second-order valence-corrected chi connectivity index (χ2v) is 16.3. The van der Waals surface area contributed by atoms with E-state index in [2.05, 4.69) is 73.6 Å². The molecule has 0 fully saturated rings. The molecule has 4 aromatic carbocycles. The van der Waals surface area contributed by atoms with Crippen molar-refractivity contribution in [2.45, 2.75) is 33.2 Å². The van der Waals surface area contributed by atoms with E-state index in [-0.39, 0.29) is 5.56 Å². The average molecular weight is 712 g/mol. The van der Waals surface area contributed by atoms with Crippen molar-refractivity contribution in [3.8, 4) is 0 Å². The quantitative estimate of drug-likeness (QED) is 0.103. The van der Waals surface area contributed by atoms with Crippen LogP contribution in [-0.4, -0.2) is 58.4 Å². The van der Waals surface area contributed by atoms with Crippen molar-refractivity contribution in [3.05, 3.63) is 148 Å². The van der Waals surface area contributed by atoms with E-state index in [1.165, 1.54) is 6.07 Å². The number of hydrogen-bond acceptors (Lipinski definition) is 4. The Kier molecular flexibility index (Phi) is 9.70. The number of aryl methyl sites for hydroxylation is 2. The zero-order valence-electron chi connectivity index (χ0n) is 28.4. The van der Waals surface area contributed by atoms with Crippen molar-refractivity contribution < 1.29 is 31.0 Å². The van der Waals surface area contributed by atoms with Crippen molar-refractivity contribution in [3.63, 3.8) is 0 Å². The number of sulfone groups is 1. The summed E-state index contributed by atoms with van der Waals surface area (Å²) in [4.78, 5) is 15.7. The van der Waals surface area contributed by atoms with Crippen LogP contribution in [0.1, 0.15) is 46.5 Å². The number of fused-ring (bicyclic) bond motifs is 2. The normalized spacial score (nSPS) is 15.8. The first-order valence-corrected chi connectivity index (χ1v) is 19.6. The molecule has 0 atom stereocenters. The van der Waals surface area contributed by atoms with E-state index in [4.69, 9.17) is 0 Å². The second-order valence-electron chi connectivity index (χ2n) is 12.5. The largest absolute Gasteiger partial charge is 0.497 e. The molecule has 0 radical (unpaired) electrons. The molecule has 0 aromatic heterocycles. The van der Waals surface area contributed by atoms with E-state index in [0.717, 1.165) is 68.5 Å². The van der Waals surface area contributed by atoms with Crippen LogP contribution in [0.25, 0.3) is 5.57 Å². The molecule has 1 aliphatic heterocycles. The van der Waals surface area contributed by atoms with Crippen molar-refractivity contribution in [2.75, 3.05) is 23.7 Å². The van der Waals surface area contributed by atoms with E-state index in [1.807, 2.05) is 48.6 Å². The van der Waals surface area contributed by atoms with Crippen LogP contribution in [0.5, 0.6) is 0 Å². The van der Waals surface area contributed by atoms with Gasteiger partial charge in [0.25, 0.3) is 9.84 Å². The summed E-state index contributed by atoms with van der Waals surface area (Å²) in [7, 11) is -6.79. The van der Waals surface area contributed by atoms with E-state index >= 15 is 0 Å². The molecule has 0 amide bonds. The Hall–Kier alpha value is -4.80. The van der Waals surface area contributed by atoms with E-state index < -0.39 is 36.4 Å². The molecule has 10 heteroatoms. The van der Waals surface area contributed by atoms with Gasteiger partial charge in [0.05, 0.1) is 9.52 Å². The lowest BCUT2D eigenvalue weighted by atomic mass is 9.86. The summed E-state index contributed by atoms with van der Waals surface area (Å²) in [5.41, 5.74) is 3.82. The first-order chi connectivity index (χ1) is 23.8. The van der Waals surface area contributed by atoms with Crippen LogP contribution in [0.3, 0.4) is 0 Å². The Bertz CT molecular complexity index is 2250. The van der Waals surface area contributed by atoms with E-state index in [9.17, 15) is 26.4 Å². The van der Waals surface area contributed by atoms with Gasteiger partial charge in [-0.2, -0.15) is 17.7 Å². The van der Waals surface area contributed by atoms with Gasteiger partial charge in [0.15, 0.2) is 5.78 Å². The minimum absolute atomic E-state index is 0.0610. The van der Waals surface area contributed by atoms with Gasteiger partial charge in [-0.1, -0.05) is 71.9 Å². The van der Waals surface area contributed by atoms with Crippen LogP contribution in [0, 0.1) is 13.8 Å². The maximum atomic E-state index is 13.4. The Labute approximate surface area is 293 Å². The number of carbonyl (C=O) groups excluding carboxylic acids is 1. The fourth-order valence-electron chi connectivity index (χ4n) is 6.91. The molecule has 1 aliphatic carbocycles. The molecule has 0 saturated carbocycles. The van der Waals surface area contributed by atoms with Crippen LogP contribution >= 0.6 is 0 Å². The topological polar surface area (TPSA) is 57.5 Å². The van der Waals surface area contributed by atoms with Crippen LogP contribution in [-0.2, 0) is 9.84 Å². The number of rotatable bonds is 9. The van der Waals surface area contributed by atoms with Crippen molar-refractivity contribution in [1.82, 2.24) is 0 Å². The number of nitrogens with zero attached hydrogens (tertiary/aromatic N) is 2. The van der Waals surface area contributed by atoms with Gasteiger partial charge in [-0.05, 0) is 85.0 Å². The lowest BCUT2D eigenvalue weighted by molar-refractivity contribution is -0.435. The van der Waals surface area contributed by atoms with Gasteiger partial charge in [-0.15, -0.1) is 0 Å². The molecule has 0 saturated heterocycles. The Morgan fingerprint density at radius 1 is 0.840 bits per heavy atom. The van der Waals surface area contributed by atoms with Gasteiger partial charge >= 0.3 is 5.51 Å². The van der Waals surface area contributed by atoms with Crippen molar-refractivity contribution in [2.24, 2.45) is 0 Å². The van der Waals surface area contributed by atoms with Crippen LogP contribution in [0.4, 0.5) is 30.2 Å². The second kappa shape index (κ2) is 13.8. The molecule has 4 aromatic rings.